The van der Waals surface area contributed by atoms with E-state index in [-0.39, 0.29) is 0 Å². The largest absolute Gasteiger partial charge is 0.378 e. The molecule has 0 aliphatic heterocycles. The zero-order chi connectivity index (χ0) is 17.9. The first kappa shape index (κ1) is 18.5. The van der Waals surface area contributed by atoms with Crippen LogP contribution >= 0.6 is 11.3 Å². The van der Waals surface area contributed by atoms with Crippen LogP contribution in [0.4, 0.5) is 5.13 Å². The normalized spacial score (nSPS) is 25.0. The molecule has 2 saturated carbocycles. The number of ether oxygens (including phenoxy) is 1. The predicted molar refractivity (Wildman–Crippen MR) is 104 cm³/mol. The Hall–Kier alpha value is -1.34. The van der Waals surface area contributed by atoms with Crippen molar-refractivity contribution in [2.24, 2.45) is 10.4 Å². The number of anilines is 1. The van der Waals surface area contributed by atoms with Gasteiger partial charge in [-0.05, 0) is 26.2 Å². The fourth-order valence-electron chi connectivity index (χ4n) is 4.21. The summed E-state index contributed by atoms with van der Waals surface area (Å²) in [6.45, 7) is 3.60. The van der Waals surface area contributed by atoms with Gasteiger partial charge in [-0.3, -0.25) is 4.99 Å². The summed E-state index contributed by atoms with van der Waals surface area (Å²) in [6, 6.07) is 0.463. The van der Waals surface area contributed by atoms with E-state index in [1.807, 2.05) is 26.0 Å². The molecule has 3 rings (SSSR count). The third-order valence-corrected chi connectivity index (χ3v) is 6.64. The number of rotatable bonds is 6. The topological polar surface area (TPSA) is 61.8 Å². The van der Waals surface area contributed by atoms with E-state index >= 15 is 0 Å². The van der Waals surface area contributed by atoms with Crippen LogP contribution in [0.2, 0.25) is 0 Å². The van der Waals surface area contributed by atoms with Gasteiger partial charge in [0.1, 0.15) is 0 Å². The Morgan fingerprint density at radius 2 is 2.20 bits per heavy atom. The molecule has 1 heterocycles. The Morgan fingerprint density at radius 3 is 2.80 bits per heavy atom. The number of guanidine groups is 1. The summed E-state index contributed by atoms with van der Waals surface area (Å²) in [5.74, 6) is 0.866. The van der Waals surface area contributed by atoms with Crippen LogP contribution in [-0.4, -0.2) is 50.8 Å². The lowest BCUT2D eigenvalue weighted by atomic mass is 9.60. The van der Waals surface area contributed by atoms with Crippen molar-refractivity contribution in [3.05, 3.63) is 11.1 Å². The van der Waals surface area contributed by atoms with E-state index in [0.717, 1.165) is 29.8 Å². The van der Waals surface area contributed by atoms with Crippen LogP contribution in [0.25, 0.3) is 0 Å². The first-order valence-corrected chi connectivity index (χ1v) is 10.2. The van der Waals surface area contributed by atoms with E-state index < -0.39 is 0 Å². The van der Waals surface area contributed by atoms with Gasteiger partial charge in [0.05, 0.1) is 18.3 Å². The van der Waals surface area contributed by atoms with E-state index in [0.29, 0.717) is 24.1 Å². The number of aliphatic imine (C=N–C) groups is 1. The fraction of sp³-hybridized carbons (Fsp3) is 0.778. The van der Waals surface area contributed by atoms with Crippen molar-refractivity contribution in [1.82, 2.24) is 15.6 Å². The second-order valence-electron chi connectivity index (χ2n) is 7.26. The van der Waals surface area contributed by atoms with Crippen LogP contribution in [0.15, 0.2) is 10.4 Å². The summed E-state index contributed by atoms with van der Waals surface area (Å²) in [4.78, 5) is 11.1. The maximum Gasteiger partial charge on any atom is 0.191 e. The average molecular weight is 366 g/mol. The smallest absolute Gasteiger partial charge is 0.191 e. The van der Waals surface area contributed by atoms with Gasteiger partial charge < -0.3 is 20.3 Å². The second kappa shape index (κ2) is 7.91. The lowest BCUT2D eigenvalue weighted by molar-refractivity contribution is -0.125. The number of hydrogen-bond donors (Lipinski definition) is 2. The Kier molecular flexibility index (Phi) is 5.84. The molecule has 140 valence electrons. The lowest BCUT2D eigenvalue weighted by Crippen LogP contribution is -2.65. The van der Waals surface area contributed by atoms with Gasteiger partial charge in [-0.2, -0.15) is 0 Å². The molecule has 2 N–H and O–H groups in total. The van der Waals surface area contributed by atoms with Crippen molar-refractivity contribution in [2.45, 2.75) is 57.7 Å². The summed E-state index contributed by atoms with van der Waals surface area (Å²) in [5, 5.41) is 10.2. The molecule has 0 radical (unpaired) electrons. The van der Waals surface area contributed by atoms with Crippen molar-refractivity contribution in [3.63, 3.8) is 0 Å². The molecule has 0 amide bonds. The molecule has 0 aromatic carbocycles. The zero-order valence-corrected chi connectivity index (χ0v) is 16.7. The van der Waals surface area contributed by atoms with Gasteiger partial charge in [0.2, 0.25) is 0 Å². The van der Waals surface area contributed by atoms with Gasteiger partial charge in [0, 0.05) is 44.6 Å². The highest BCUT2D eigenvalue weighted by molar-refractivity contribution is 7.13. The molecular formula is C18H31N5OS. The van der Waals surface area contributed by atoms with E-state index in [9.17, 15) is 0 Å². The zero-order valence-electron chi connectivity index (χ0n) is 15.8. The Balaban J connectivity index is 1.55. The quantitative estimate of drug-likeness (QED) is 0.599. The SMILES string of the molecule is CCOC1CC(NC(=NC)NCc2csc(N(C)C)n2)C12CCCC2. The summed E-state index contributed by atoms with van der Waals surface area (Å²) < 4.78 is 6.00. The average Bonchev–Trinajstić information content (AvgIpc) is 3.27. The third-order valence-electron chi connectivity index (χ3n) is 5.58. The third kappa shape index (κ3) is 3.77. The van der Waals surface area contributed by atoms with Crippen molar-refractivity contribution in [3.8, 4) is 0 Å². The van der Waals surface area contributed by atoms with Crippen molar-refractivity contribution < 1.29 is 4.74 Å². The molecule has 1 aromatic heterocycles. The highest BCUT2D eigenvalue weighted by Crippen LogP contribution is 2.54. The van der Waals surface area contributed by atoms with Crippen LogP contribution in [0.1, 0.15) is 44.7 Å². The predicted octanol–water partition coefficient (Wildman–Crippen LogP) is 2.61. The molecule has 7 heteroatoms. The molecule has 0 bridgehead atoms. The lowest BCUT2D eigenvalue weighted by Gasteiger charge is -2.54. The second-order valence-corrected chi connectivity index (χ2v) is 8.10. The van der Waals surface area contributed by atoms with Crippen molar-refractivity contribution in [1.29, 1.82) is 0 Å². The van der Waals surface area contributed by atoms with Crippen LogP contribution < -0.4 is 15.5 Å². The molecule has 25 heavy (non-hydrogen) atoms. The van der Waals surface area contributed by atoms with Crippen molar-refractivity contribution in [2.75, 3.05) is 32.6 Å². The molecule has 0 saturated heterocycles. The van der Waals surface area contributed by atoms with Gasteiger partial charge in [0.25, 0.3) is 0 Å². The molecule has 1 aromatic rings. The van der Waals surface area contributed by atoms with Gasteiger partial charge in [0.15, 0.2) is 11.1 Å². The van der Waals surface area contributed by atoms with Gasteiger partial charge >= 0.3 is 0 Å². The molecular weight excluding hydrogens is 334 g/mol. The van der Waals surface area contributed by atoms with Crippen LogP contribution in [0.3, 0.4) is 0 Å². The van der Waals surface area contributed by atoms with Crippen molar-refractivity contribution >= 4 is 22.4 Å². The van der Waals surface area contributed by atoms with E-state index in [1.165, 1.54) is 25.7 Å². The number of nitrogens with one attached hydrogen (secondary N) is 2. The van der Waals surface area contributed by atoms with Crippen LogP contribution in [-0.2, 0) is 11.3 Å². The number of hydrogen-bond acceptors (Lipinski definition) is 5. The fourth-order valence-corrected chi connectivity index (χ4v) is 4.96. The number of aromatic nitrogens is 1. The maximum atomic E-state index is 6.00. The van der Waals surface area contributed by atoms with E-state index in [1.54, 1.807) is 11.3 Å². The molecule has 2 atom stereocenters. The summed E-state index contributed by atoms with van der Waals surface area (Å²) >= 11 is 1.67. The Labute approximate surface area is 155 Å². The number of thiazole rings is 1. The van der Waals surface area contributed by atoms with Crippen LogP contribution in [0, 0.1) is 5.41 Å². The number of nitrogens with zero attached hydrogens (tertiary/aromatic N) is 3. The highest BCUT2D eigenvalue weighted by atomic mass is 32.1. The minimum absolute atomic E-state index is 0.312. The molecule has 2 aliphatic rings. The minimum atomic E-state index is 0.312. The molecule has 6 nitrogen and oxygen atoms in total. The van der Waals surface area contributed by atoms with Crippen LogP contribution in [0.5, 0.6) is 0 Å². The first-order valence-electron chi connectivity index (χ1n) is 9.29. The molecule has 2 aliphatic carbocycles. The Morgan fingerprint density at radius 1 is 1.44 bits per heavy atom. The highest BCUT2D eigenvalue weighted by Gasteiger charge is 2.56. The molecule has 2 fully saturated rings. The maximum absolute atomic E-state index is 6.00. The van der Waals surface area contributed by atoms with Gasteiger partial charge in [-0.25, -0.2) is 4.98 Å². The summed E-state index contributed by atoms with van der Waals surface area (Å²) in [5.41, 5.74) is 1.36. The molecule has 1 spiro atoms. The summed E-state index contributed by atoms with van der Waals surface area (Å²) in [7, 11) is 5.87. The van der Waals surface area contributed by atoms with Gasteiger partial charge in [-0.1, -0.05) is 12.8 Å². The standard InChI is InChI=1S/C18H31N5OS/c1-5-24-15-10-14(18(15)8-6-7-9-18)22-16(19-2)20-11-13-12-25-17(21-13)23(3)4/h12,14-15H,5-11H2,1-4H3,(H2,19,20,22). The summed E-state index contributed by atoms with van der Waals surface area (Å²) in [6.07, 6.45) is 6.67. The Bertz CT molecular complexity index is 594. The monoisotopic (exact) mass is 365 g/mol. The minimum Gasteiger partial charge on any atom is -0.378 e. The van der Waals surface area contributed by atoms with Gasteiger partial charge in [-0.15, -0.1) is 11.3 Å². The molecule has 2 unspecified atom stereocenters. The first-order chi connectivity index (χ1) is 12.1. The van der Waals surface area contributed by atoms with E-state index in [2.05, 4.69) is 32.9 Å². The van der Waals surface area contributed by atoms with E-state index in [4.69, 9.17) is 4.74 Å².